The van der Waals surface area contributed by atoms with Gasteiger partial charge in [0.05, 0.1) is 6.10 Å². The Morgan fingerprint density at radius 3 is 2.29 bits per heavy atom. The lowest BCUT2D eigenvalue weighted by Crippen LogP contribution is -2.61. The molecule has 0 aromatic rings. The Morgan fingerprint density at radius 1 is 1.06 bits per heavy atom. The zero-order valence-electron chi connectivity index (χ0n) is 24.9. The van der Waals surface area contributed by atoms with Crippen molar-refractivity contribution in [1.29, 1.82) is 0 Å². The van der Waals surface area contributed by atoms with Crippen molar-refractivity contribution in [1.82, 2.24) is 0 Å². The maximum Gasteiger partial charge on any atom is 0.159 e. The van der Waals surface area contributed by atoms with Crippen molar-refractivity contribution in [2.24, 2.45) is 62.6 Å². The van der Waals surface area contributed by atoms with Crippen LogP contribution < -0.4 is 0 Å². The molecule has 4 aliphatic rings. The Bertz CT molecular complexity index is 876. The molecule has 200 valence electrons. The SMILES string of the molecule is C[C@@H]1C[C@]2(C)C3C(=CC(=O)[C@@H]2C[C@@H]1C)[C@]1(C)CC[C@H](C(C)(C)[C@H](C)CCC(C)(C)C)[C@@]1(C)C[C@@H]3O. The third kappa shape index (κ3) is 4.02. The van der Waals surface area contributed by atoms with Crippen molar-refractivity contribution in [3.05, 3.63) is 11.6 Å². The fourth-order valence-corrected chi connectivity index (χ4v) is 9.92. The summed E-state index contributed by atoms with van der Waals surface area (Å²) < 4.78 is 0. The number of aliphatic hydroxyl groups excluding tert-OH is 1. The normalized spacial score (nSPS) is 47.0. The summed E-state index contributed by atoms with van der Waals surface area (Å²) in [6.45, 7) is 26.5. The average molecular weight is 485 g/mol. The molecule has 4 aliphatic carbocycles. The van der Waals surface area contributed by atoms with Gasteiger partial charge in [-0.3, -0.25) is 4.79 Å². The van der Waals surface area contributed by atoms with Crippen molar-refractivity contribution >= 4 is 5.78 Å². The summed E-state index contributed by atoms with van der Waals surface area (Å²) in [4.78, 5) is 13.7. The molecule has 3 saturated carbocycles. The molecular formula is C33H56O2. The van der Waals surface area contributed by atoms with Gasteiger partial charge in [0.1, 0.15) is 0 Å². The fourth-order valence-electron chi connectivity index (χ4n) is 9.92. The summed E-state index contributed by atoms with van der Waals surface area (Å²) in [6, 6.07) is 0. The molecule has 0 spiro atoms. The third-order valence-corrected chi connectivity index (χ3v) is 12.9. The predicted molar refractivity (Wildman–Crippen MR) is 147 cm³/mol. The Balaban J connectivity index is 1.71. The molecule has 3 fully saturated rings. The molecular weight excluding hydrogens is 428 g/mol. The van der Waals surface area contributed by atoms with Crippen molar-refractivity contribution < 1.29 is 9.90 Å². The Morgan fingerprint density at radius 2 is 1.69 bits per heavy atom. The largest absolute Gasteiger partial charge is 0.392 e. The van der Waals surface area contributed by atoms with Crippen molar-refractivity contribution in [2.75, 3.05) is 0 Å². The highest BCUT2D eigenvalue weighted by atomic mass is 16.3. The molecule has 1 unspecified atom stereocenters. The number of allylic oxidation sites excluding steroid dienone is 1. The second-order valence-electron chi connectivity index (χ2n) is 16.4. The molecule has 0 bridgehead atoms. The van der Waals surface area contributed by atoms with Crippen LogP contribution in [0.5, 0.6) is 0 Å². The van der Waals surface area contributed by atoms with E-state index in [0.717, 1.165) is 25.7 Å². The van der Waals surface area contributed by atoms with E-state index >= 15 is 0 Å². The number of rotatable bonds is 4. The second-order valence-corrected chi connectivity index (χ2v) is 16.4. The lowest BCUT2D eigenvalue weighted by Gasteiger charge is -2.64. The van der Waals surface area contributed by atoms with Gasteiger partial charge in [0.15, 0.2) is 5.78 Å². The highest BCUT2D eigenvalue weighted by Crippen LogP contribution is 2.74. The van der Waals surface area contributed by atoms with E-state index in [1.54, 1.807) is 0 Å². The molecule has 0 aromatic heterocycles. The number of hydrogen-bond donors (Lipinski definition) is 1. The molecule has 0 aromatic carbocycles. The first-order valence-electron chi connectivity index (χ1n) is 14.8. The van der Waals surface area contributed by atoms with Crippen LogP contribution in [0.4, 0.5) is 0 Å². The van der Waals surface area contributed by atoms with Gasteiger partial charge in [-0.05, 0) is 102 Å². The number of hydrogen-bond acceptors (Lipinski definition) is 2. The number of carbonyl (C=O) groups excluding carboxylic acids is 1. The van der Waals surface area contributed by atoms with Gasteiger partial charge in [-0.25, -0.2) is 0 Å². The maximum atomic E-state index is 13.7. The first-order chi connectivity index (χ1) is 15.9. The van der Waals surface area contributed by atoms with Crippen LogP contribution in [-0.2, 0) is 4.79 Å². The maximum absolute atomic E-state index is 13.7. The van der Waals surface area contributed by atoms with Gasteiger partial charge in [0, 0.05) is 11.8 Å². The van der Waals surface area contributed by atoms with Crippen LogP contribution in [0.15, 0.2) is 11.6 Å². The van der Waals surface area contributed by atoms with Crippen LogP contribution >= 0.6 is 0 Å². The Hall–Kier alpha value is -0.630. The van der Waals surface area contributed by atoms with E-state index < -0.39 is 0 Å². The zero-order valence-corrected chi connectivity index (χ0v) is 24.9. The van der Waals surface area contributed by atoms with Crippen LogP contribution in [0.25, 0.3) is 0 Å². The van der Waals surface area contributed by atoms with Gasteiger partial charge in [0.2, 0.25) is 0 Å². The monoisotopic (exact) mass is 484 g/mol. The molecule has 4 rings (SSSR count). The van der Waals surface area contributed by atoms with E-state index in [9.17, 15) is 9.90 Å². The summed E-state index contributed by atoms with van der Waals surface area (Å²) >= 11 is 0. The minimum Gasteiger partial charge on any atom is -0.392 e. The number of aliphatic hydroxyl groups is 1. The first-order valence-corrected chi connectivity index (χ1v) is 14.8. The molecule has 0 amide bonds. The molecule has 1 N–H and O–H groups in total. The summed E-state index contributed by atoms with van der Waals surface area (Å²) in [5.74, 6) is 2.95. The Labute approximate surface area is 217 Å². The van der Waals surface area contributed by atoms with E-state index in [1.807, 2.05) is 0 Å². The molecule has 2 heteroatoms. The molecule has 0 saturated heterocycles. The quantitative estimate of drug-likeness (QED) is 0.434. The summed E-state index contributed by atoms with van der Waals surface area (Å²) in [5.41, 5.74) is 1.80. The van der Waals surface area contributed by atoms with Crippen LogP contribution in [0, 0.1) is 62.6 Å². The first kappa shape index (κ1) is 27.4. The molecule has 0 aliphatic heterocycles. The minimum absolute atomic E-state index is 0.00147. The van der Waals surface area contributed by atoms with E-state index in [1.165, 1.54) is 24.8 Å². The molecule has 0 heterocycles. The van der Waals surface area contributed by atoms with Gasteiger partial charge in [0.25, 0.3) is 0 Å². The highest BCUT2D eigenvalue weighted by Gasteiger charge is 2.68. The third-order valence-electron chi connectivity index (χ3n) is 12.9. The molecule has 35 heavy (non-hydrogen) atoms. The van der Waals surface area contributed by atoms with Crippen LogP contribution in [0.3, 0.4) is 0 Å². The topological polar surface area (TPSA) is 37.3 Å². The minimum atomic E-state index is -0.346. The fraction of sp³-hybridized carbons (Fsp3) is 0.909. The Kier molecular flexibility index (Phi) is 6.61. The van der Waals surface area contributed by atoms with E-state index in [0.29, 0.717) is 34.9 Å². The summed E-state index contributed by atoms with van der Waals surface area (Å²) in [6.07, 6.45) is 9.51. The molecule has 0 radical (unpaired) electrons. The van der Waals surface area contributed by atoms with Crippen molar-refractivity contribution in [3.8, 4) is 0 Å². The van der Waals surface area contributed by atoms with Crippen LogP contribution in [0.1, 0.15) is 121 Å². The van der Waals surface area contributed by atoms with Gasteiger partial charge in [-0.1, -0.05) is 81.7 Å². The van der Waals surface area contributed by atoms with E-state index in [2.05, 4.69) is 82.2 Å². The lowest BCUT2D eigenvalue weighted by molar-refractivity contribution is -0.148. The smallest absolute Gasteiger partial charge is 0.159 e. The second kappa shape index (κ2) is 8.44. The molecule has 2 nitrogen and oxygen atoms in total. The average Bonchev–Trinajstić information content (AvgIpc) is 2.99. The van der Waals surface area contributed by atoms with E-state index in [4.69, 9.17) is 0 Å². The van der Waals surface area contributed by atoms with Gasteiger partial charge in [-0.15, -0.1) is 0 Å². The van der Waals surface area contributed by atoms with E-state index in [-0.39, 0.29) is 39.6 Å². The summed E-state index contributed by atoms with van der Waals surface area (Å²) in [7, 11) is 0. The number of ketones is 1. The van der Waals surface area contributed by atoms with Gasteiger partial charge >= 0.3 is 0 Å². The standard InChI is InChI=1S/C33H56O2/c1-20-16-23-25(34)17-24-28(31(23,9)18-21(20)2)26(35)19-33(11)27(13-15-32(24,33)10)30(7,8)22(3)12-14-29(4,5)6/h17,20-23,26-28,35H,12-16,18-19H2,1-11H3/t20-,21+,22+,23-,26-,27+,28?,31-,32-,33+/m0/s1. The van der Waals surface area contributed by atoms with Gasteiger partial charge in [-0.2, -0.15) is 0 Å². The predicted octanol–water partition coefficient (Wildman–Crippen LogP) is 8.48. The molecule has 10 atom stereocenters. The number of fused-ring (bicyclic) bond motifs is 5. The summed E-state index contributed by atoms with van der Waals surface area (Å²) in [5, 5.41) is 12.0. The van der Waals surface area contributed by atoms with Crippen molar-refractivity contribution in [2.45, 2.75) is 127 Å². The van der Waals surface area contributed by atoms with Crippen molar-refractivity contribution in [3.63, 3.8) is 0 Å². The van der Waals surface area contributed by atoms with Crippen LogP contribution in [-0.4, -0.2) is 17.0 Å². The van der Waals surface area contributed by atoms with Gasteiger partial charge < -0.3 is 5.11 Å². The van der Waals surface area contributed by atoms with Crippen LogP contribution in [0.2, 0.25) is 0 Å². The lowest BCUT2D eigenvalue weighted by atomic mass is 9.41. The number of carbonyl (C=O) groups is 1. The zero-order chi connectivity index (χ0) is 26.4. The highest BCUT2D eigenvalue weighted by molar-refractivity contribution is 5.94.